The lowest BCUT2D eigenvalue weighted by Crippen LogP contribution is -2.20. The van der Waals surface area contributed by atoms with E-state index in [1.54, 1.807) is 4.57 Å². The molecule has 3 N–H and O–H groups in total. The third-order valence-electron chi connectivity index (χ3n) is 1.65. The van der Waals surface area contributed by atoms with Gasteiger partial charge >= 0.3 is 5.69 Å². The standard InChI is InChI=1S/C8H16N4OS/c1-3-4-12-7(13)10-11-8(12)14-5-6(2)9/h6H,3-5,9H2,1-2H3,(H,10,13)/t6-/m0/s1. The lowest BCUT2D eigenvalue weighted by molar-refractivity contribution is 0.603. The number of H-pyrrole nitrogens is 1. The van der Waals surface area contributed by atoms with Crippen molar-refractivity contribution in [2.45, 2.75) is 38.0 Å². The van der Waals surface area contributed by atoms with Crippen molar-refractivity contribution in [3.63, 3.8) is 0 Å². The monoisotopic (exact) mass is 216 g/mol. The van der Waals surface area contributed by atoms with E-state index in [4.69, 9.17) is 5.73 Å². The predicted molar refractivity (Wildman–Crippen MR) is 57.5 cm³/mol. The van der Waals surface area contributed by atoms with Crippen LogP contribution in [0.15, 0.2) is 9.95 Å². The molecule has 6 heteroatoms. The molecular weight excluding hydrogens is 200 g/mol. The van der Waals surface area contributed by atoms with Crippen LogP contribution in [0.5, 0.6) is 0 Å². The SMILES string of the molecule is CCCn1c(SC[C@H](C)N)n[nH]c1=O. The molecule has 0 amide bonds. The molecule has 0 aliphatic carbocycles. The molecule has 14 heavy (non-hydrogen) atoms. The van der Waals surface area contributed by atoms with E-state index in [9.17, 15) is 4.79 Å². The summed E-state index contributed by atoms with van der Waals surface area (Å²) in [6.45, 7) is 4.66. The minimum atomic E-state index is -0.140. The Morgan fingerprint density at radius 2 is 2.43 bits per heavy atom. The lowest BCUT2D eigenvalue weighted by Gasteiger charge is -2.05. The lowest BCUT2D eigenvalue weighted by atomic mass is 10.4. The second-order valence-electron chi connectivity index (χ2n) is 3.25. The average Bonchev–Trinajstić information content (AvgIpc) is 2.46. The second kappa shape index (κ2) is 5.21. The quantitative estimate of drug-likeness (QED) is 0.699. The first kappa shape index (κ1) is 11.3. The van der Waals surface area contributed by atoms with Gasteiger partial charge in [-0.05, 0) is 13.3 Å². The Morgan fingerprint density at radius 1 is 1.71 bits per heavy atom. The van der Waals surface area contributed by atoms with Crippen LogP contribution in [0.3, 0.4) is 0 Å². The summed E-state index contributed by atoms with van der Waals surface area (Å²) >= 11 is 1.51. The second-order valence-corrected chi connectivity index (χ2v) is 4.24. The van der Waals surface area contributed by atoms with Gasteiger partial charge in [0.1, 0.15) is 0 Å². The van der Waals surface area contributed by atoms with Gasteiger partial charge in [0, 0.05) is 18.3 Å². The molecule has 0 unspecified atom stereocenters. The van der Waals surface area contributed by atoms with E-state index in [2.05, 4.69) is 10.2 Å². The Hall–Kier alpha value is -0.750. The van der Waals surface area contributed by atoms with Crippen molar-refractivity contribution >= 4 is 11.8 Å². The zero-order chi connectivity index (χ0) is 10.6. The van der Waals surface area contributed by atoms with E-state index in [-0.39, 0.29) is 11.7 Å². The molecule has 1 heterocycles. The number of rotatable bonds is 5. The van der Waals surface area contributed by atoms with E-state index < -0.39 is 0 Å². The van der Waals surface area contributed by atoms with Gasteiger partial charge in [0.15, 0.2) is 5.16 Å². The van der Waals surface area contributed by atoms with Gasteiger partial charge < -0.3 is 5.73 Å². The zero-order valence-electron chi connectivity index (χ0n) is 8.49. The molecule has 0 saturated carbocycles. The zero-order valence-corrected chi connectivity index (χ0v) is 9.30. The highest BCUT2D eigenvalue weighted by molar-refractivity contribution is 7.99. The van der Waals surface area contributed by atoms with E-state index in [0.717, 1.165) is 17.3 Å². The molecule has 0 saturated heterocycles. The van der Waals surface area contributed by atoms with Gasteiger partial charge in [0.05, 0.1) is 0 Å². The number of hydrogen-bond donors (Lipinski definition) is 2. The van der Waals surface area contributed by atoms with Crippen LogP contribution in [0.2, 0.25) is 0 Å². The van der Waals surface area contributed by atoms with Gasteiger partial charge in [-0.1, -0.05) is 18.7 Å². The van der Waals surface area contributed by atoms with E-state index in [1.807, 2.05) is 13.8 Å². The third-order valence-corrected chi connectivity index (χ3v) is 2.91. The molecule has 1 atom stereocenters. The molecule has 0 aromatic carbocycles. The summed E-state index contributed by atoms with van der Waals surface area (Å²) in [5.41, 5.74) is 5.49. The van der Waals surface area contributed by atoms with E-state index in [1.165, 1.54) is 11.8 Å². The van der Waals surface area contributed by atoms with Crippen molar-refractivity contribution in [1.82, 2.24) is 14.8 Å². The van der Waals surface area contributed by atoms with E-state index in [0.29, 0.717) is 6.54 Å². The van der Waals surface area contributed by atoms with Crippen LogP contribution in [0.1, 0.15) is 20.3 Å². The minimum Gasteiger partial charge on any atom is -0.327 e. The number of hydrogen-bond acceptors (Lipinski definition) is 4. The highest BCUT2D eigenvalue weighted by Gasteiger charge is 2.08. The maximum atomic E-state index is 11.3. The van der Waals surface area contributed by atoms with Crippen LogP contribution < -0.4 is 11.4 Å². The summed E-state index contributed by atoms with van der Waals surface area (Å²) in [6, 6.07) is 0.113. The fourth-order valence-electron chi connectivity index (χ4n) is 1.04. The van der Waals surface area contributed by atoms with Crippen molar-refractivity contribution in [3.8, 4) is 0 Å². The average molecular weight is 216 g/mol. The van der Waals surface area contributed by atoms with Gasteiger partial charge in [-0.25, -0.2) is 9.89 Å². The molecule has 1 aromatic rings. The summed E-state index contributed by atoms with van der Waals surface area (Å²) in [5.74, 6) is 0.772. The summed E-state index contributed by atoms with van der Waals surface area (Å²) in [6.07, 6.45) is 0.922. The fraction of sp³-hybridized carbons (Fsp3) is 0.750. The van der Waals surface area contributed by atoms with Gasteiger partial charge in [-0.3, -0.25) is 4.57 Å². The summed E-state index contributed by atoms with van der Waals surface area (Å²) in [5, 5.41) is 7.11. The Labute approximate surface area is 87.1 Å². The smallest absolute Gasteiger partial charge is 0.327 e. The largest absolute Gasteiger partial charge is 0.343 e. The molecule has 0 fully saturated rings. The van der Waals surface area contributed by atoms with Crippen molar-refractivity contribution in [3.05, 3.63) is 10.5 Å². The number of nitrogens with zero attached hydrogens (tertiary/aromatic N) is 2. The van der Waals surface area contributed by atoms with Gasteiger partial charge in [0.25, 0.3) is 0 Å². The number of aromatic nitrogens is 3. The number of aromatic amines is 1. The number of nitrogens with one attached hydrogen (secondary N) is 1. The molecular formula is C8H16N4OS. The molecule has 1 aromatic heterocycles. The van der Waals surface area contributed by atoms with E-state index >= 15 is 0 Å². The van der Waals surface area contributed by atoms with Crippen LogP contribution in [-0.4, -0.2) is 26.6 Å². The Morgan fingerprint density at radius 3 is 3.00 bits per heavy atom. The number of thioether (sulfide) groups is 1. The van der Waals surface area contributed by atoms with Crippen LogP contribution >= 0.6 is 11.8 Å². The van der Waals surface area contributed by atoms with Crippen LogP contribution in [0.25, 0.3) is 0 Å². The molecule has 1 rings (SSSR count). The Bertz CT molecular complexity index is 330. The molecule has 0 aliphatic rings. The third kappa shape index (κ3) is 2.88. The molecule has 0 spiro atoms. The van der Waals surface area contributed by atoms with Crippen LogP contribution in [-0.2, 0) is 6.54 Å². The molecule has 0 aliphatic heterocycles. The Kier molecular flexibility index (Phi) is 4.21. The topological polar surface area (TPSA) is 76.7 Å². The normalized spacial score (nSPS) is 13.1. The first-order valence-corrected chi connectivity index (χ1v) is 5.67. The summed E-state index contributed by atoms with van der Waals surface area (Å²) < 4.78 is 1.65. The van der Waals surface area contributed by atoms with Crippen LogP contribution in [0.4, 0.5) is 0 Å². The fourth-order valence-corrected chi connectivity index (χ4v) is 1.89. The molecule has 0 radical (unpaired) electrons. The van der Waals surface area contributed by atoms with Crippen molar-refractivity contribution in [2.24, 2.45) is 5.73 Å². The van der Waals surface area contributed by atoms with Crippen molar-refractivity contribution in [1.29, 1.82) is 0 Å². The number of nitrogens with two attached hydrogens (primary N) is 1. The van der Waals surface area contributed by atoms with Gasteiger partial charge in [-0.15, -0.1) is 5.10 Å². The highest BCUT2D eigenvalue weighted by Crippen LogP contribution is 2.13. The first-order chi connectivity index (χ1) is 6.65. The first-order valence-electron chi connectivity index (χ1n) is 4.68. The molecule has 5 nitrogen and oxygen atoms in total. The highest BCUT2D eigenvalue weighted by atomic mass is 32.2. The predicted octanol–water partition coefficient (Wildman–Crippen LogP) is 0.421. The van der Waals surface area contributed by atoms with Gasteiger partial charge in [0.2, 0.25) is 0 Å². The minimum absolute atomic E-state index is 0.113. The van der Waals surface area contributed by atoms with Crippen LogP contribution in [0, 0.1) is 0 Å². The summed E-state index contributed by atoms with van der Waals surface area (Å²) in [4.78, 5) is 11.3. The Balaban J connectivity index is 2.70. The molecule has 80 valence electrons. The maximum absolute atomic E-state index is 11.3. The summed E-state index contributed by atoms with van der Waals surface area (Å²) in [7, 11) is 0. The van der Waals surface area contributed by atoms with Crippen molar-refractivity contribution in [2.75, 3.05) is 5.75 Å². The molecule has 0 bridgehead atoms. The van der Waals surface area contributed by atoms with Crippen molar-refractivity contribution < 1.29 is 0 Å². The maximum Gasteiger partial charge on any atom is 0.343 e. The van der Waals surface area contributed by atoms with Gasteiger partial charge in [-0.2, -0.15) is 0 Å².